The van der Waals surface area contributed by atoms with Gasteiger partial charge in [0.25, 0.3) is 0 Å². The van der Waals surface area contributed by atoms with E-state index in [1.165, 1.54) is 6.26 Å². The highest BCUT2D eigenvalue weighted by atomic mass is 16.3. The zero-order chi connectivity index (χ0) is 16.7. The van der Waals surface area contributed by atoms with Gasteiger partial charge in [0.05, 0.1) is 19.2 Å². The van der Waals surface area contributed by atoms with E-state index in [1.807, 2.05) is 31.2 Å². The van der Waals surface area contributed by atoms with E-state index in [1.54, 1.807) is 12.1 Å². The molecule has 120 valence electrons. The second-order valence-corrected chi connectivity index (χ2v) is 4.93. The van der Waals surface area contributed by atoms with Gasteiger partial charge in [0.2, 0.25) is 5.91 Å². The lowest BCUT2D eigenvalue weighted by Crippen LogP contribution is -2.48. The Morgan fingerprint density at radius 2 is 1.74 bits per heavy atom. The number of hydrogen-bond acceptors (Lipinski definition) is 4. The van der Waals surface area contributed by atoms with E-state index in [0.717, 1.165) is 11.1 Å². The zero-order valence-electron chi connectivity index (χ0n) is 12.6. The molecule has 0 atom stereocenters. The molecule has 1 aromatic heterocycles. The van der Waals surface area contributed by atoms with Crippen molar-refractivity contribution in [3.63, 3.8) is 0 Å². The third-order valence-electron chi connectivity index (χ3n) is 3.01. The number of hydrogen-bond donors (Lipinski definition) is 3. The lowest BCUT2D eigenvalue weighted by Gasteiger charge is -2.07. The summed E-state index contributed by atoms with van der Waals surface area (Å²) in [6.07, 6.45) is 1.57. The molecule has 1 heterocycles. The fourth-order valence-corrected chi connectivity index (χ4v) is 1.78. The molecular weight excluding hydrogens is 298 g/mol. The Balaban J connectivity index is 1.71. The Bertz CT molecular complexity index is 678. The highest BCUT2D eigenvalue weighted by molar-refractivity contribution is 6.35. The maximum Gasteiger partial charge on any atom is 0.327 e. The fraction of sp³-hybridized carbons (Fsp3) is 0.188. The molecule has 0 unspecified atom stereocenters. The second-order valence-electron chi connectivity index (χ2n) is 4.93. The predicted molar refractivity (Wildman–Crippen MR) is 81.7 cm³/mol. The Morgan fingerprint density at radius 1 is 1.00 bits per heavy atom. The first-order valence-electron chi connectivity index (χ1n) is 6.99. The number of nitrogens with one attached hydrogen (secondary N) is 3. The molecule has 0 fully saturated rings. The van der Waals surface area contributed by atoms with Crippen LogP contribution < -0.4 is 16.2 Å². The molecular formula is C16H17N3O4. The van der Waals surface area contributed by atoms with E-state index < -0.39 is 17.7 Å². The fourth-order valence-electron chi connectivity index (χ4n) is 1.78. The number of hydrazine groups is 1. The van der Waals surface area contributed by atoms with Crippen LogP contribution >= 0.6 is 0 Å². The predicted octanol–water partition coefficient (Wildman–Crippen LogP) is 0.594. The number of furan rings is 1. The molecule has 2 rings (SSSR count). The van der Waals surface area contributed by atoms with Gasteiger partial charge in [-0.05, 0) is 24.6 Å². The van der Waals surface area contributed by atoms with Crippen LogP contribution in [0.1, 0.15) is 16.9 Å². The molecule has 0 saturated carbocycles. The lowest BCUT2D eigenvalue weighted by atomic mass is 10.1. The van der Waals surface area contributed by atoms with Crippen LogP contribution in [0.3, 0.4) is 0 Å². The van der Waals surface area contributed by atoms with Crippen molar-refractivity contribution >= 4 is 17.7 Å². The van der Waals surface area contributed by atoms with Crippen LogP contribution in [0.25, 0.3) is 0 Å². The molecule has 1 aromatic carbocycles. The molecule has 3 amide bonds. The lowest BCUT2D eigenvalue weighted by molar-refractivity contribution is -0.141. The van der Waals surface area contributed by atoms with Crippen molar-refractivity contribution in [2.45, 2.75) is 19.9 Å². The van der Waals surface area contributed by atoms with Crippen molar-refractivity contribution in [2.24, 2.45) is 0 Å². The number of benzene rings is 1. The molecule has 7 heteroatoms. The molecule has 0 aliphatic heterocycles. The van der Waals surface area contributed by atoms with E-state index in [9.17, 15) is 14.4 Å². The van der Waals surface area contributed by atoms with Crippen molar-refractivity contribution in [1.82, 2.24) is 16.2 Å². The summed E-state index contributed by atoms with van der Waals surface area (Å²) in [5.74, 6) is -1.71. The summed E-state index contributed by atoms with van der Waals surface area (Å²) in [7, 11) is 0. The number of rotatable bonds is 4. The normalized spacial score (nSPS) is 9.96. The van der Waals surface area contributed by atoms with E-state index in [2.05, 4.69) is 16.2 Å². The van der Waals surface area contributed by atoms with Crippen molar-refractivity contribution in [3.05, 3.63) is 59.5 Å². The SMILES string of the molecule is Cc1ccc(CC(=O)NNC(=O)C(=O)NCc2ccco2)cc1. The summed E-state index contributed by atoms with van der Waals surface area (Å²) in [6.45, 7) is 2.04. The summed E-state index contributed by atoms with van der Waals surface area (Å²) in [4.78, 5) is 34.8. The van der Waals surface area contributed by atoms with Gasteiger partial charge in [0.15, 0.2) is 0 Å². The van der Waals surface area contributed by atoms with Crippen LogP contribution in [0.5, 0.6) is 0 Å². The van der Waals surface area contributed by atoms with Gasteiger partial charge in [-0.2, -0.15) is 0 Å². The van der Waals surface area contributed by atoms with Crippen molar-refractivity contribution < 1.29 is 18.8 Å². The largest absolute Gasteiger partial charge is 0.467 e. The van der Waals surface area contributed by atoms with Gasteiger partial charge in [-0.25, -0.2) is 0 Å². The van der Waals surface area contributed by atoms with Crippen LogP contribution in [-0.2, 0) is 27.3 Å². The second kappa shape index (κ2) is 7.79. The minimum absolute atomic E-state index is 0.0938. The van der Waals surface area contributed by atoms with Gasteiger partial charge in [0.1, 0.15) is 5.76 Å². The highest BCUT2D eigenvalue weighted by Crippen LogP contribution is 2.03. The van der Waals surface area contributed by atoms with E-state index in [-0.39, 0.29) is 13.0 Å². The van der Waals surface area contributed by atoms with Crippen LogP contribution in [-0.4, -0.2) is 17.7 Å². The average Bonchev–Trinajstić information content (AvgIpc) is 3.06. The topological polar surface area (TPSA) is 100 Å². The van der Waals surface area contributed by atoms with Crippen LogP contribution in [0, 0.1) is 6.92 Å². The molecule has 0 radical (unpaired) electrons. The van der Waals surface area contributed by atoms with Crippen LogP contribution in [0.4, 0.5) is 0 Å². The summed E-state index contributed by atoms with van der Waals surface area (Å²) in [5, 5.41) is 2.37. The van der Waals surface area contributed by atoms with Crippen LogP contribution in [0.2, 0.25) is 0 Å². The Morgan fingerprint density at radius 3 is 2.39 bits per heavy atom. The van der Waals surface area contributed by atoms with Crippen molar-refractivity contribution in [3.8, 4) is 0 Å². The maximum absolute atomic E-state index is 11.7. The summed E-state index contributed by atoms with van der Waals surface area (Å²) in [6, 6.07) is 10.8. The molecule has 0 saturated heterocycles. The monoisotopic (exact) mass is 315 g/mol. The minimum Gasteiger partial charge on any atom is -0.467 e. The molecule has 0 bridgehead atoms. The van der Waals surface area contributed by atoms with Crippen LogP contribution in [0.15, 0.2) is 47.1 Å². The summed E-state index contributed by atoms with van der Waals surface area (Å²) < 4.78 is 5.02. The number of carbonyl (C=O) groups excluding carboxylic acids is 3. The van der Waals surface area contributed by atoms with E-state index in [0.29, 0.717) is 5.76 Å². The molecule has 0 aliphatic rings. The standard InChI is InChI=1S/C16H17N3O4/c1-11-4-6-12(7-5-11)9-14(20)18-19-16(22)15(21)17-10-13-3-2-8-23-13/h2-8H,9-10H2,1H3,(H,17,21)(H,18,20)(H,19,22). The Hall–Kier alpha value is -3.09. The molecule has 7 nitrogen and oxygen atoms in total. The van der Waals surface area contributed by atoms with Gasteiger partial charge >= 0.3 is 11.8 Å². The number of amides is 3. The van der Waals surface area contributed by atoms with E-state index >= 15 is 0 Å². The molecule has 2 aromatic rings. The van der Waals surface area contributed by atoms with Gasteiger partial charge in [0, 0.05) is 0 Å². The zero-order valence-corrected chi connectivity index (χ0v) is 12.6. The quantitative estimate of drug-likeness (QED) is 0.568. The molecule has 0 aliphatic carbocycles. The average molecular weight is 315 g/mol. The van der Waals surface area contributed by atoms with E-state index in [4.69, 9.17) is 4.42 Å². The third-order valence-corrected chi connectivity index (χ3v) is 3.01. The maximum atomic E-state index is 11.7. The summed E-state index contributed by atoms with van der Waals surface area (Å²) >= 11 is 0. The Labute approximate surface area is 133 Å². The first-order valence-corrected chi connectivity index (χ1v) is 6.99. The third kappa shape index (κ3) is 5.31. The Kier molecular flexibility index (Phi) is 5.51. The molecule has 23 heavy (non-hydrogen) atoms. The van der Waals surface area contributed by atoms with Crippen molar-refractivity contribution in [1.29, 1.82) is 0 Å². The van der Waals surface area contributed by atoms with Gasteiger partial charge < -0.3 is 9.73 Å². The van der Waals surface area contributed by atoms with Gasteiger partial charge in [-0.3, -0.25) is 25.2 Å². The minimum atomic E-state index is -0.950. The summed E-state index contributed by atoms with van der Waals surface area (Å²) in [5.41, 5.74) is 6.16. The number of aryl methyl sites for hydroxylation is 1. The molecule has 0 spiro atoms. The molecule has 3 N–H and O–H groups in total. The highest BCUT2D eigenvalue weighted by Gasteiger charge is 2.14. The van der Waals surface area contributed by atoms with Gasteiger partial charge in [-0.15, -0.1) is 0 Å². The number of carbonyl (C=O) groups is 3. The van der Waals surface area contributed by atoms with Gasteiger partial charge in [-0.1, -0.05) is 29.8 Å². The smallest absolute Gasteiger partial charge is 0.327 e. The van der Waals surface area contributed by atoms with Crippen molar-refractivity contribution in [2.75, 3.05) is 0 Å². The first kappa shape index (κ1) is 16.3. The first-order chi connectivity index (χ1) is 11.0.